The van der Waals surface area contributed by atoms with Crippen molar-refractivity contribution in [3.05, 3.63) is 35.2 Å². The Bertz CT molecular complexity index is 733. The normalized spacial score (nSPS) is 16.6. The molecule has 1 aliphatic rings. The predicted molar refractivity (Wildman–Crippen MR) is 97.2 cm³/mol. The van der Waals surface area contributed by atoms with Crippen molar-refractivity contribution >= 4 is 11.0 Å². The SMILES string of the molecule is CCCc1onc(C)c1-c1ccc(C)c(S(=O)NC2CCCC2)c1. The van der Waals surface area contributed by atoms with Crippen molar-refractivity contribution in [1.29, 1.82) is 0 Å². The highest BCUT2D eigenvalue weighted by Gasteiger charge is 2.20. The maximum absolute atomic E-state index is 12.8. The van der Waals surface area contributed by atoms with Gasteiger partial charge in [-0.15, -0.1) is 0 Å². The standard InChI is InChI=1S/C19H26N2O2S/c1-4-7-17-19(14(3)20-23-17)15-11-10-13(2)18(12-15)24(22)21-16-8-5-6-9-16/h10-12,16,21H,4-9H2,1-3H3. The second kappa shape index (κ2) is 7.62. The Kier molecular flexibility index (Phi) is 5.51. The average molecular weight is 346 g/mol. The fourth-order valence-electron chi connectivity index (χ4n) is 3.40. The van der Waals surface area contributed by atoms with E-state index in [1.54, 1.807) is 0 Å². The molecule has 0 aliphatic heterocycles. The molecule has 0 bridgehead atoms. The summed E-state index contributed by atoms with van der Waals surface area (Å²) in [6.45, 7) is 6.11. The lowest BCUT2D eigenvalue weighted by Gasteiger charge is -2.14. The van der Waals surface area contributed by atoms with Crippen LogP contribution in [0.25, 0.3) is 11.1 Å². The van der Waals surface area contributed by atoms with E-state index in [1.807, 2.05) is 26.0 Å². The van der Waals surface area contributed by atoms with E-state index in [0.29, 0.717) is 6.04 Å². The number of hydrogen-bond donors (Lipinski definition) is 1. The second-order valence-corrected chi connectivity index (χ2v) is 7.88. The van der Waals surface area contributed by atoms with E-state index in [4.69, 9.17) is 4.52 Å². The fourth-order valence-corrected chi connectivity index (χ4v) is 4.66. The van der Waals surface area contributed by atoms with E-state index in [0.717, 1.165) is 58.7 Å². The van der Waals surface area contributed by atoms with Crippen LogP contribution in [0.4, 0.5) is 0 Å². The van der Waals surface area contributed by atoms with Crippen LogP contribution < -0.4 is 4.72 Å². The zero-order valence-corrected chi connectivity index (χ0v) is 15.5. The molecule has 0 saturated heterocycles. The summed E-state index contributed by atoms with van der Waals surface area (Å²) in [5.41, 5.74) is 4.03. The van der Waals surface area contributed by atoms with Gasteiger partial charge in [0.05, 0.1) is 10.6 Å². The third-order valence-corrected chi connectivity index (χ3v) is 6.10. The molecule has 2 aromatic rings. The van der Waals surface area contributed by atoms with Crippen molar-refractivity contribution in [3.63, 3.8) is 0 Å². The van der Waals surface area contributed by atoms with Crippen LogP contribution in [-0.4, -0.2) is 15.4 Å². The average Bonchev–Trinajstić information content (AvgIpc) is 3.19. The zero-order valence-electron chi connectivity index (χ0n) is 14.7. The van der Waals surface area contributed by atoms with Gasteiger partial charge in [-0.05, 0) is 50.3 Å². The summed E-state index contributed by atoms with van der Waals surface area (Å²) in [7, 11) is -1.17. The van der Waals surface area contributed by atoms with Crippen LogP contribution in [0, 0.1) is 13.8 Å². The van der Waals surface area contributed by atoms with Gasteiger partial charge in [0.2, 0.25) is 0 Å². The Morgan fingerprint density at radius 1 is 1.29 bits per heavy atom. The molecule has 3 rings (SSSR count). The lowest BCUT2D eigenvalue weighted by atomic mass is 10.0. The van der Waals surface area contributed by atoms with E-state index in [1.165, 1.54) is 12.8 Å². The molecule has 0 radical (unpaired) electrons. The molecule has 130 valence electrons. The molecule has 0 spiro atoms. The summed E-state index contributed by atoms with van der Waals surface area (Å²) >= 11 is 0. The molecule has 4 nitrogen and oxygen atoms in total. The summed E-state index contributed by atoms with van der Waals surface area (Å²) in [6.07, 6.45) is 6.58. The molecule has 1 fully saturated rings. The number of nitrogens with one attached hydrogen (secondary N) is 1. The van der Waals surface area contributed by atoms with E-state index in [-0.39, 0.29) is 0 Å². The highest BCUT2D eigenvalue weighted by Crippen LogP contribution is 2.31. The van der Waals surface area contributed by atoms with Gasteiger partial charge in [0.25, 0.3) is 0 Å². The quantitative estimate of drug-likeness (QED) is 0.840. The molecule has 1 atom stereocenters. The first kappa shape index (κ1) is 17.4. The van der Waals surface area contributed by atoms with Crippen LogP contribution in [0.5, 0.6) is 0 Å². The molecule has 5 heteroatoms. The summed E-state index contributed by atoms with van der Waals surface area (Å²) in [5, 5.41) is 4.13. The minimum Gasteiger partial charge on any atom is -0.360 e. The molecular weight excluding hydrogens is 320 g/mol. The molecule has 1 aromatic carbocycles. The van der Waals surface area contributed by atoms with Crippen LogP contribution in [0.15, 0.2) is 27.6 Å². The molecule has 1 heterocycles. The molecule has 1 N–H and O–H groups in total. The molecule has 1 aliphatic carbocycles. The Hall–Kier alpha value is -1.46. The van der Waals surface area contributed by atoms with Gasteiger partial charge < -0.3 is 4.52 Å². The second-order valence-electron chi connectivity index (χ2n) is 6.66. The van der Waals surface area contributed by atoms with Crippen LogP contribution >= 0.6 is 0 Å². The van der Waals surface area contributed by atoms with Crippen molar-refractivity contribution in [2.75, 3.05) is 0 Å². The Balaban J connectivity index is 1.91. The van der Waals surface area contributed by atoms with Crippen LogP contribution in [-0.2, 0) is 17.4 Å². The van der Waals surface area contributed by atoms with Gasteiger partial charge in [-0.3, -0.25) is 0 Å². The lowest BCUT2D eigenvalue weighted by molar-refractivity contribution is 0.379. The van der Waals surface area contributed by atoms with Crippen molar-refractivity contribution in [2.24, 2.45) is 0 Å². The molecule has 1 aromatic heterocycles. The third-order valence-electron chi connectivity index (χ3n) is 4.72. The Morgan fingerprint density at radius 2 is 2.04 bits per heavy atom. The number of nitrogens with zero attached hydrogens (tertiary/aromatic N) is 1. The van der Waals surface area contributed by atoms with Crippen molar-refractivity contribution in [2.45, 2.75) is 70.2 Å². The van der Waals surface area contributed by atoms with Gasteiger partial charge >= 0.3 is 0 Å². The predicted octanol–water partition coefficient (Wildman–Crippen LogP) is 4.47. The monoisotopic (exact) mass is 346 g/mol. The van der Waals surface area contributed by atoms with Gasteiger partial charge in [-0.2, -0.15) is 0 Å². The van der Waals surface area contributed by atoms with Crippen molar-refractivity contribution in [3.8, 4) is 11.1 Å². The van der Waals surface area contributed by atoms with Crippen LogP contribution in [0.1, 0.15) is 56.0 Å². The topological polar surface area (TPSA) is 55.1 Å². The van der Waals surface area contributed by atoms with E-state index < -0.39 is 11.0 Å². The molecule has 0 amide bonds. The van der Waals surface area contributed by atoms with Crippen molar-refractivity contribution in [1.82, 2.24) is 9.88 Å². The Morgan fingerprint density at radius 3 is 2.75 bits per heavy atom. The summed E-state index contributed by atoms with van der Waals surface area (Å²) in [6, 6.07) is 6.53. The maximum Gasteiger partial charge on any atom is 0.144 e. The van der Waals surface area contributed by atoms with E-state index >= 15 is 0 Å². The smallest absolute Gasteiger partial charge is 0.144 e. The molecule has 1 saturated carbocycles. The first-order valence-electron chi connectivity index (χ1n) is 8.84. The van der Waals surface area contributed by atoms with Gasteiger partial charge in [0, 0.05) is 18.0 Å². The zero-order chi connectivity index (χ0) is 17.1. The van der Waals surface area contributed by atoms with Gasteiger partial charge in [-0.25, -0.2) is 8.93 Å². The third kappa shape index (κ3) is 3.62. The lowest BCUT2D eigenvalue weighted by Crippen LogP contribution is -2.28. The maximum atomic E-state index is 12.8. The number of aryl methyl sites for hydroxylation is 3. The van der Waals surface area contributed by atoms with E-state index in [9.17, 15) is 4.21 Å². The van der Waals surface area contributed by atoms with Crippen molar-refractivity contribution < 1.29 is 8.73 Å². The highest BCUT2D eigenvalue weighted by molar-refractivity contribution is 7.83. The molecule has 24 heavy (non-hydrogen) atoms. The largest absolute Gasteiger partial charge is 0.360 e. The first-order valence-corrected chi connectivity index (χ1v) is 9.99. The molecule has 1 unspecified atom stereocenters. The Labute approximate surface area is 146 Å². The van der Waals surface area contributed by atoms with Crippen LogP contribution in [0.2, 0.25) is 0 Å². The minimum absolute atomic E-state index is 0.377. The number of rotatable bonds is 6. The minimum atomic E-state index is -1.17. The number of benzene rings is 1. The number of hydrogen-bond acceptors (Lipinski definition) is 3. The van der Waals surface area contributed by atoms with Gasteiger partial charge in [0.15, 0.2) is 0 Å². The van der Waals surface area contributed by atoms with Gasteiger partial charge in [0.1, 0.15) is 16.7 Å². The summed E-state index contributed by atoms with van der Waals surface area (Å²) < 4.78 is 21.6. The van der Waals surface area contributed by atoms with Crippen LogP contribution in [0.3, 0.4) is 0 Å². The first-order chi connectivity index (χ1) is 11.6. The number of aromatic nitrogens is 1. The summed E-state index contributed by atoms with van der Waals surface area (Å²) in [5.74, 6) is 0.916. The molecular formula is C19H26N2O2S. The fraction of sp³-hybridized carbons (Fsp3) is 0.526. The highest BCUT2D eigenvalue weighted by atomic mass is 32.2. The van der Waals surface area contributed by atoms with E-state index in [2.05, 4.69) is 22.9 Å². The van der Waals surface area contributed by atoms with Gasteiger partial charge in [-0.1, -0.05) is 37.1 Å². The summed E-state index contributed by atoms with van der Waals surface area (Å²) in [4.78, 5) is 0.863.